The van der Waals surface area contributed by atoms with E-state index in [-0.39, 0.29) is 6.04 Å². The molecule has 8 heteroatoms. The molecule has 0 bridgehead atoms. The highest BCUT2D eigenvalue weighted by molar-refractivity contribution is 5.44. The first-order valence-corrected chi connectivity index (χ1v) is 6.19. The van der Waals surface area contributed by atoms with E-state index in [0.29, 0.717) is 24.5 Å². The standard InChI is InChI=1S/C11H23N7O/c1-6-18(8(2)7-19-5)11-14-9(16-12)13-10(15-11)17(3)4/h8H,6-7,12H2,1-5H3,(H,13,14,15,16). The summed E-state index contributed by atoms with van der Waals surface area (Å²) in [5.74, 6) is 6.88. The molecule has 19 heavy (non-hydrogen) atoms. The van der Waals surface area contributed by atoms with Gasteiger partial charge in [-0.25, -0.2) is 5.84 Å². The number of methoxy groups -OCH3 is 1. The van der Waals surface area contributed by atoms with Gasteiger partial charge in [-0.1, -0.05) is 0 Å². The molecule has 0 aliphatic carbocycles. The van der Waals surface area contributed by atoms with E-state index in [1.807, 2.05) is 25.9 Å². The maximum Gasteiger partial charge on any atom is 0.243 e. The SMILES string of the molecule is CCN(c1nc(NN)nc(N(C)C)n1)C(C)COC. The molecule has 1 atom stereocenters. The number of ether oxygens (including phenoxy) is 1. The number of anilines is 3. The molecule has 3 N–H and O–H groups in total. The van der Waals surface area contributed by atoms with Gasteiger partial charge in [0, 0.05) is 27.7 Å². The molecule has 0 spiro atoms. The third kappa shape index (κ3) is 3.90. The number of rotatable bonds is 7. The Morgan fingerprint density at radius 1 is 1.26 bits per heavy atom. The smallest absolute Gasteiger partial charge is 0.243 e. The molecule has 8 nitrogen and oxygen atoms in total. The van der Waals surface area contributed by atoms with Crippen molar-refractivity contribution < 1.29 is 4.74 Å². The van der Waals surface area contributed by atoms with Crippen molar-refractivity contribution in [2.24, 2.45) is 5.84 Å². The monoisotopic (exact) mass is 269 g/mol. The number of likely N-dealkylation sites (N-methyl/N-ethyl adjacent to an activating group) is 1. The fourth-order valence-corrected chi connectivity index (χ4v) is 1.73. The van der Waals surface area contributed by atoms with Crippen molar-refractivity contribution in [2.45, 2.75) is 19.9 Å². The van der Waals surface area contributed by atoms with Crippen molar-refractivity contribution in [3.05, 3.63) is 0 Å². The summed E-state index contributed by atoms with van der Waals surface area (Å²) >= 11 is 0. The number of hydrogen-bond acceptors (Lipinski definition) is 8. The normalized spacial score (nSPS) is 12.1. The Hall–Kier alpha value is -1.67. The summed E-state index contributed by atoms with van der Waals surface area (Å²) in [7, 11) is 5.42. The molecule has 0 fully saturated rings. The highest BCUT2D eigenvalue weighted by atomic mass is 16.5. The fourth-order valence-electron chi connectivity index (χ4n) is 1.73. The van der Waals surface area contributed by atoms with Crippen LogP contribution in [0.5, 0.6) is 0 Å². The van der Waals surface area contributed by atoms with E-state index < -0.39 is 0 Å². The summed E-state index contributed by atoms with van der Waals surface area (Å²) in [6.45, 7) is 5.47. The van der Waals surface area contributed by atoms with Gasteiger partial charge in [0.15, 0.2) is 0 Å². The molecule has 0 saturated heterocycles. The number of nitrogens with two attached hydrogens (primary N) is 1. The third-order valence-corrected chi connectivity index (χ3v) is 2.68. The topological polar surface area (TPSA) is 92.4 Å². The average Bonchev–Trinajstić information content (AvgIpc) is 2.39. The van der Waals surface area contributed by atoms with Crippen LogP contribution in [-0.4, -0.2) is 55.4 Å². The molecular formula is C11H23N7O. The molecule has 0 aliphatic heterocycles. The first-order chi connectivity index (χ1) is 9.03. The lowest BCUT2D eigenvalue weighted by Crippen LogP contribution is -2.38. The van der Waals surface area contributed by atoms with E-state index in [0.717, 1.165) is 6.54 Å². The van der Waals surface area contributed by atoms with Gasteiger partial charge in [-0.2, -0.15) is 15.0 Å². The van der Waals surface area contributed by atoms with E-state index in [1.54, 1.807) is 12.0 Å². The van der Waals surface area contributed by atoms with Gasteiger partial charge >= 0.3 is 0 Å². The second kappa shape index (κ2) is 7.05. The van der Waals surface area contributed by atoms with Crippen molar-refractivity contribution in [1.29, 1.82) is 0 Å². The van der Waals surface area contributed by atoms with Crippen LogP contribution in [0.4, 0.5) is 17.8 Å². The fraction of sp³-hybridized carbons (Fsp3) is 0.727. The Labute approximate surface area is 114 Å². The predicted molar refractivity (Wildman–Crippen MR) is 76.3 cm³/mol. The van der Waals surface area contributed by atoms with Crippen molar-refractivity contribution in [2.75, 3.05) is 49.6 Å². The molecule has 1 aromatic heterocycles. The Balaban J connectivity index is 3.11. The zero-order valence-electron chi connectivity index (χ0n) is 12.2. The van der Waals surface area contributed by atoms with Crippen LogP contribution in [0.2, 0.25) is 0 Å². The minimum absolute atomic E-state index is 0.165. The molecule has 0 aromatic carbocycles. The summed E-state index contributed by atoms with van der Waals surface area (Å²) in [5, 5.41) is 0. The van der Waals surface area contributed by atoms with Crippen molar-refractivity contribution in [1.82, 2.24) is 15.0 Å². The van der Waals surface area contributed by atoms with Gasteiger partial charge < -0.3 is 14.5 Å². The van der Waals surface area contributed by atoms with E-state index >= 15 is 0 Å². The zero-order valence-corrected chi connectivity index (χ0v) is 12.2. The van der Waals surface area contributed by atoms with E-state index in [9.17, 15) is 0 Å². The van der Waals surface area contributed by atoms with E-state index in [4.69, 9.17) is 10.6 Å². The van der Waals surface area contributed by atoms with Crippen LogP contribution >= 0.6 is 0 Å². The van der Waals surface area contributed by atoms with E-state index in [1.165, 1.54) is 0 Å². The van der Waals surface area contributed by atoms with Crippen LogP contribution in [0, 0.1) is 0 Å². The highest BCUT2D eigenvalue weighted by Gasteiger charge is 2.18. The largest absolute Gasteiger partial charge is 0.383 e. The lowest BCUT2D eigenvalue weighted by atomic mass is 10.3. The molecule has 1 heterocycles. The molecule has 0 saturated carbocycles. The molecule has 1 unspecified atom stereocenters. The Kier molecular flexibility index (Phi) is 5.71. The molecule has 1 rings (SSSR count). The van der Waals surface area contributed by atoms with Gasteiger partial charge in [0.1, 0.15) is 0 Å². The number of hydrazine groups is 1. The number of hydrogen-bond donors (Lipinski definition) is 2. The molecule has 0 amide bonds. The number of nitrogens with one attached hydrogen (secondary N) is 1. The van der Waals surface area contributed by atoms with Crippen LogP contribution in [0.25, 0.3) is 0 Å². The first-order valence-electron chi connectivity index (χ1n) is 6.19. The van der Waals surface area contributed by atoms with E-state index in [2.05, 4.69) is 27.3 Å². The van der Waals surface area contributed by atoms with Gasteiger partial charge in [-0.15, -0.1) is 0 Å². The first kappa shape index (κ1) is 15.4. The van der Waals surface area contributed by atoms with Crippen molar-refractivity contribution in [3.8, 4) is 0 Å². The van der Waals surface area contributed by atoms with Gasteiger partial charge in [-0.3, -0.25) is 5.43 Å². The van der Waals surface area contributed by atoms with Crippen LogP contribution in [0.3, 0.4) is 0 Å². The summed E-state index contributed by atoms with van der Waals surface area (Å²) in [4.78, 5) is 16.8. The van der Waals surface area contributed by atoms with Crippen LogP contribution < -0.4 is 21.1 Å². The average molecular weight is 269 g/mol. The Morgan fingerprint density at radius 3 is 2.37 bits per heavy atom. The lowest BCUT2D eigenvalue weighted by molar-refractivity contribution is 0.181. The molecule has 108 valence electrons. The molecule has 0 aliphatic rings. The van der Waals surface area contributed by atoms with Gasteiger partial charge in [0.25, 0.3) is 0 Å². The highest BCUT2D eigenvalue weighted by Crippen LogP contribution is 2.16. The van der Waals surface area contributed by atoms with Gasteiger partial charge in [0.05, 0.1) is 12.6 Å². The summed E-state index contributed by atoms with van der Waals surface area (Å²) in [5.41, 5.74) is 2.47. The van der Waals surface area contributed by atoms with Crippen LogP contribution in [-0.2, 0) is 4.74 Å². The third-order valence-electron chi connectivity index (χ3n) is 2.68. The number of nitrogen functional groups attached to an aromatic ring is 1. The quantitative estimate of drug-likeness (QED) is 0.531. The Morgan fingerprint density at radius 2 is 1.89 bits per heavy atom. The number of nitrogens with zero attached hydrogens (tertiary/aromatic N) is 5. The minimum Gasteiger partial charge on any atom is -0.383 e. The molecule has 0 radical (unpaired) electrons. The second-order valence-corrected chi connectivity index (χ2v) is 4.39. The maximum atomic E-state index is 5.40. The van der Waals surface area contributed by atoms with Crippen molar-refractivity contribution in [3.63, 3.8) is 0 Å². The van der Waals surface area contributed by atoms with Gasteiger partial charge in [0.2, 0.25) is 17.8 Å². The summed E-state index contributed by atoms with van der Waals surface area (Å²) in [6, 6.07) is 0.165. The molecular weight excluding hydrogens is 246 g/mol. The minimum atomic E-state index is 0.165. The summed E-state index contributed by atoms with van der Waals surface area (Å²) in [6.07, 6.45) is 0. The van der Waals surface area contributed by atoms with Crippen LogP contribution in [0.1, 0.15) is 13.8 Å². The summed E-state index contributed by atoms with van der Waals surface area (Å²) < 4.78 is 5.18. The van der Waals surface area contributed by atoms with Crippen molar-refractivity contribution >= 4 is 17.8 Å². The Bertz CT molecular complexity index is 399. The lowest BCUT2D eigenvalue weighted by Gasteiger charge is -2.28. The van der Waals surface area contributed by atoms with Gasteiger partial charge in [-0.05, 0) is 13.8 Å². The number of aromatic nitrogens is 3. The molecule has 1 aromatic rings. The predicted octanol–water partition coefficient (Wildman–Crippen LogP) is 0.0844. The second-order valence-electron chi connectivity index (χ2n) is 4.39. The zero-order chi connectivity index (χ0) is 14.4. The maximum absolute atomic E-state index is 5.40. The van der Waals surface area contributed by atoms with Crippen LogP contribution in [0.15, 0.2) is 0 Å².